The molecule has 1 atom stereocenters. The molecular formula is C23H24N2O5S. The van der Waals surface area contributed by atoms with Gasteiger partial charge in [0, 0.05) is 12.1 Å². The van der Waals surface area contributed by atoms with Gasteiger partial charge in [0.15, 0.2) is 22.8 Å². The number of carbonyl (C=O) groups is 2. The number of carboxylic acids is 1. The van der Waals surface area contributed by atoms with E-state index in [1.165, 1.54) is 25.8 Å². The highest BCUT2D eigenvalue weighted by molar-refractivity contribution is 8.18. The molecule has 0 unspecified atom stereocenters. The fraction of sp³-hybridized carbons (Fsp3) is 0.261. The van der Waals surface area contributed by atoms with Gasteiger partial charge >= 0.3 is 5.97 Å². The van der Waals surface area contributed by atoms with Gasteiger partial charge in [0.2, 0.25) is 0 Å². The molecule has 0 aliphatic carbocycles. The van der Waals surface area contributed by atoms with Gasteiger partial charge < -0.3 is 14.6 Å². The molecule has 1 amide bonds. The number of methoxy groups -OCH3 is 1. The molecule has 0 aromatic heterocycles. The van der Waals surface area contributed by atoms with E-state index in [1.54, 1.807) is 29.2 Å². The SMILES string of the molecule is CCCN1C(=O)/C(=C/c2cccc(OC)c2O[C@@H](C)C(=O)O)SC1=Nc1ccccc1. The van der Waals surface area contributed by atoms with Gasteiger partial charge in [0.1, 0.15) is 0 Å². The summed E-state index contributed by atoms with van der Waals surface area (Å²) in [5, 5.41) is 9.84. The van der Waals surface area contributed by atoms with E-state index in [9.17, 15) is 14.7 Å². The van der Waals surface area contributed by atoms with E-state index in [1.807, 2.05) is 37.3 Å². The summed E-state index contributed by atoms with van der Waals surface area (Å²) >= 11 is 1.28. The third kappa shape index (κ3) is 5.27. The van der Waals surface area contributed by atoms with Gasteiger partial charge in [-0.2, -0.15) is 0 Å². The van der Waals surface area contributed by atoms with Gasteiger partial charge in [-0.1, -0.05) is 37.3 Å². The molecule has 1 fully saturated rings. The Balaban J connectivity index is 2.00. The first-order valence-electron chi connectivity index (χ1n) is 9.86. The summed E-state index contributed by atoms with van der Waals surface area (Å²) in [5.74, 6) is -0.582. The first-order valence-corrected chi connectivity index (χ1v) is 10.7. The minimum atomic E-state index is -1.10. The Kier molecular flexibility index (Phi) is 7.36. The maximum Gasteiger partial charge on any atom is 0.344 e. The fourth-order valence-electron chi connectivity index (χ4n) is 2.93. The molecule has 0 spiro atoms. The summed E-state index contributed by atoms with van der Waals surface area (Å²) in [7, 11) is 1.48. The van der Waals surface area contributed by atoms with Crippen LogP contribution in [0.2, 0.25) is 0 Å². The van der Waals surface area contributed by atoms with E-state index < -0.39 is 12.1 Å². The lowest BCUT2D eigenvalue weighted by Crippen LogP contribution is -2.29. The minimum Gasteiger partial charge on any atom is -0.493 e. The normalized spacial score (nSPS) is 17.3. The van der Waals surface area contributed by atoms with E-state index in [4.69, 9.17) is 9.47 Å². The van der Waals surface area contributed by atoms with Crippen LogP contribution in [0.4, 0.5) is 5.69 Å². The van der Waals surface area contributed by atoms with E-state index in [-0.39, 0.29) is 11.7 Å². The summed E-state index contributed by atoms with van der Waals surface area (Å²) < 4.78 is 11.0. The molecule has 3 rings (SSSR count). The molecule has 7 nitrogen and oxygen atoms in total. The molecule has 2 aromatic rings. The van der Waals surface area contributed by atoms with Gasteiger partial charge in [-0.05, 0) is 49.4 Å². The molecule has 0 saturated carbocycles. The van der Waals surface area contributed by atoms with Crippen molar-refractivity contribution in [2.75, 3.05) is 13.7 Å². The Bertz CT molecular complexity index is 1020. The van der Waals surface area contributed by atoms with Crippen LogP contribution in [0.5, 0.6) is 11.5 Å². The molecule has 2 aromatic carbocycles. The highest BCUT2D eigenvalue weighted by Gasteiger charge is 2.33. The smallest absolute Gasteiger partial charge is 0.344 e. The van der Waals surface area contributed by atoms with Crippen molar-refractivity contribution in [3.63, 3.8) is 0 Å². The van der Waals surface area contributed by atoms with Gasteiger partial charge in [-0.3, -0.25) is 9.69 Å². The molecule has 0 radical (unpaired) electrons. The predicted octanol–water partition coefficient (Wildman–Crippen LogP) is 4.56. The zero-order valence-corrected chi connectivity index (χ0v) is 18.4. The number of thioether (sulfide) groups is 1. The van der Waals surface area contributed by atoms with Crippen LogP contribution < -0.4 is 9.47 Å². The quantitative estimate of drug-likeness (QED) is 0.606. The van der Waals surface area contributed by atoms with Gasteiger partial charge in [0.25, 0.3) is 5.91 Å². The van der Waals surface area contributed by atoms with Crippen LogP contribution in [0.3, 0.4) is 0 Å². The number of carboxylic acid groups (broad SMARTS) is 1. The van der Waals surface area contributed by atoms with Gasteiger partial charge in [0.05, 0.1) is 17.7 Å². The summed E-state index contributed by atoms with van der Waals surface area (Å²) in [6.07, 6.45) is 1.40. The van der Waals surface area contributed by atoms with Crippen molar-refractivity contribution in [1.82, 2.24) is 4.90 Å². The summed E-state index contributed by atoms with van der Waals surface area (Å²) in [4.78, 5) is 31.1. The lowest BCUT2D eigenvalue weighted by Gasteiger charge is -2.16. The molecule has 0 bridgehead atoms. The minimum absolute atomic E-state index is 0.151. The average Bonchev–Trinajstić information content (AvgIpc) is 3.04. The Morgan fingerprint density at radius 3 is 2.61 bits per heavy atom. The number of hydrogen-bond donors (Lipinski definition) is 1. The zero-order valence-electron chi connectivity index (χ0n) is 17.6. The van der Waals surface area contributed by atoms with Crippen LogP contribution in [0.1, 0.15) is 25.8 Å². The van der Waals surface area contributed by atoms with E-state index in [0.717, 1.165) is 12.1 Å². The third-order valence-electron chi connectivity index (χ3n) is 4.47. The third-order valence-corrected chi connectivity index (χ3v) is 5.48. The van der Waals surface area contributed by atoms with Crippen LogP contribution in [0, 0.1) is 0 Å². The molecule has 1 aliphatic rings. The first-order chi connectivity index (χ1) is 14.9. The number of amides is 1. The van der Waals surface area contributed by atoms with Crippen LogP contribution in [0.15, 0.2) is 58.4 Å². The van der Waals surface area contributed by atoms with Crippen LogP contribution in [-0.2, 0) is 9.59 Å². The highest BCUT2D eigenvalue weighted by Crippen LogP contribution is 2.38. The first kappa shape index (κ1) is 22.4. The van der Waals surface area contributed by atoms with E-state index in [2.05, 4.69) is 4.99 Å². The maximum absolute atomic E-state index is 13.1. The Labute approximate surface area is 185 Å². The molecule has 31 heavy (non-hydrogen) atoms. The second kappa shape index (κ2) is 10.2. The van der Waals surface area contributed by atoms with E-state index in [0.29, 0.717) is 27.9 Å². The number of para-hydroxylation sites is 2. The van der Waals surface area contributed by atoms with Crippen molar-refractivity contribution in [2.24, 2.45) is 4.99 Å². The standard InChI is InChI=1S/C23H24N2O5S/c1-4-13-25-21(26)19(31-23(25)24-17-10-6-5-7-11-17)14-16-9-8-12-18(29-3)20(16)30-15(2)22(27)28/h5-12,14-15H,4,13H2,1-3H3,(H,27,28)/b19-14-,24-23?/t15-/m0/s1. The monoisotopic (exact) mass is 440 g/mol. The Morgan fingerprint density at radius 2 is 1.97 bits per heavy atom. The number of carbonyl (C=O) groups excluding carboxylic acids is 1. The largest absolute Gasteiger partial charge is 0.493 e. The van der Waals surface area contributed by atoms with Crippen LogP contribution in [0.25, 0.3) is 6.08 Å². The van der Waals surface area contributed by atoms with Crippen molar-refractivity contribution >= 4 is 40.6 Å². The predicted molar refractivity (Wildman–Crippen MR) is 122 cm³/mol. The number of rotatable bonds is 8. The van der Waals surface area contributed by atoms with Gasteiger partial charge in [-0.15, -0.1) is 0 Å². The second-order valence-corrected chi connectivity index (χ2v) is 7.78. The van der Waals surface area contributed by atoms with Crippen molar-refractivity contribution in [1.29, 1.82) is 0 Å². The second-order valence-electron chi connectivity index (χ2n) is 6.77. The Morgan fingerprint density at radius 1 is 1.23 bits per heavy atom. The van der Waals surface area contributed by atoms with Crippen molar-refractivity contribution in [2.45, 2.75) is 26.4 Å². The number of nitrogens with zero attached hydrogens (tertiary/aromatic N) is 2. The lowest BCUT2D eigenvalue weighted by molar-refractivity contribution is -0.144. The van der Waals surface area contributed by atoms with Crippen LogP contribution in [-0.4, -0.2) is 46.8 Å². The summed E-state index contributed by atoms with van der Waals surface area (Å²) in [6, 6.07) is 14.7. The number of ether oxygens (including phenoxy) is 2. The molecule has 1 N–H and O–H groups in total. The van der Waals surface area contributed by atoms with E-state index >= 15 is 0 Å². The molecule has 8 heteroatoms. The Hall–Kier alpha value is -3.26. The number of amidine groups is 1. The number of aliphatic carboxylic acids is 1. The fourth-order valence-corrected chi connectivity index (χ4v) is 3.94. The van der Waals surface area contributed by atoms with Crippen molar-refractivity contribution in [3.8, 4) is 11.5 Å². The lowest BCUT2D eigenvalue weighted by atomic mass is 10.1. The van der Waals surface area contributed by atoms with Crippen molar-refractivity contribution in [3.05, 3.63) is 59.0 Å². The summed E-state index contributed by atoms with van der Waals surface area (Å²) in [5.41, 5.74) is 1.32. The topological polar surface area (TPSA) is 88.4 Å². The molecule has 1 saturated heterocycles. The molecule has 1 aliphatic heterocycles. The number of hydrogen-bond acceptors (Lipinski definition) is 6. The number of aliphatic imine (C=N–C) groups is 1. The molecular weight excluding hydrogens is 416 g/mol. The van der Waals surface area contributed by atoms with Crippen LogP contribution >= 0.6 is 11.8 Å². The number of benzene rings is 2. The zero-order chi connectivity index (χ0) is 22.4. The average molecular weight is 441 g/mol. The summed E-state index contributed by atoms with van der Waals surface area (Å²) in [6.45, 7) is 3.99. The van der Waals surface area contributed by atoms with Crippen molar-refractivity contribution < 1.29 is 24.2 Å². The van der Waals surface area contributed by atoms with Gasteiger partial charge in [-0.25, -0.2) is 9.79 Å². The molecule has 162 valence electrons. The maximum atomic E-state index is 13.1. The highest BCUT2D eigenvalue weighted by atomic mass is 32.2. The molecule has 1 heterocycles.